The van der Waals surface area contributed by atoms with Gasteiger partial charge < -0.3 is 9.80 Å². The molecule has 2 aliphatic rings. The number of likely N-dealkylation sites (N-methyl/N-ethyl adjacent to an activating group) is 1. The fourth-order valence-electron chi connectivity index (χ4n) is 2.84. The van der Waals surface area contributed by atoms with Crippen molar-refractivity contribution in [1.82, 2.24) is 4.90 Å². The van der Waals surface area contributed by atoms with Crippen LogP contribution < -0.4 is 4.90 Å². The van der Waals surface area contributed by atoms with Gasteiger partial charge in [0.2, 0.25) is 11.8 Å². The first-order valence-corrected chi connectivity index (χ1v) is 9.29. The number of hydrogen-bond donors (Lipinski definition) is 0. The van der Waals surface area contributed by atoms with Crippen LogP contribution in [0, 0.1) is 3.57 Å². The molecule has 0 bridgehead atoms. The van der Waals surface area contributed by atoms with E-state index in [1.165, 1.54) is 4.90 Å². The molecule has 2 amide bonds. The molecule has 1 heterocycles. The zero-order chi connectivity index (χ0) is 17.0. The number of anilines is 1. The minimum Gasteiger partial charge on any atom is -0.332 e. The zero-order valence-corrected chi connectivity index (χ0v) is 16.7. The van der Waals surface area contributed by atoms with Crippen LogP contribution in [0.1, 0.15) is 12.8 Å². The van der Waals surface area contributed by atoms with E-state index in [0.717, 1.165) is 9.26 Å². The van der Waals surface area contributed by atoms with E-state index >= 15 is 0 Å². The van der Waals surface area contributed by atoms with Crippen LogP contribution in [0.5, 0.6) is 0 Å². The molecule has 1 saturated carbocycles. The van der Waals surface area contributed by atoms with Gasteiger partial charge in [-0.3, -0.25) is 9.59 Å². The van der Waals surface area contributed by atoms with Gasteiger partial charge in [-0.15, -0.1) is 11.6 Å². The van der Waals surface area contributed by atoms with Crippen LogP contribution in [0.2, 0.25) is 0 Å². The number of carbonyl (C=O) groups is 2. The van der Waals surface area contributed by atoms with Gasteiger partial charge in [0, 0.05) is 29.3 Å². The summed E-state index contributed by atoms with van der Waals surface area (Å²) in [5, 5.41) is 0. The Kier molecular flexibility index (Phi) is 4.53. The molecule has 0 spiro atoms. The number of rotatable bonds is 3. The standard InChI is InChI=1S/C15H14Cl3IN2O2/c1-20(13(23)14(16)8-15(14,17)18)11-5-6-21(12(11)22)10-4-2-3-9(19)7-10/h2-4,7,11H,5-6,8H2,1H3. The maximum atomic E-state index is 12.7. The Morgan fingerprint density at radius 1 is 1.39 bits per heavy atom. The highest BCUT2D eigenvalue weighted by Crippen LogP contribution is 2.62. The summed E-state index contributed by atoms with van der Waals surface area (Å²) in [4.78, 5) is 27.0. The molecule has 1 saturated heterocycles. The summed E-state index contributed by atoms with van der Waals surface area (Å²) < 4.78 is -0.205. The molecule has 1 aliphatic heterocycles. The number of nitrogens with zero attached hydrogens (tertiary/aromatic N) is 2. The molecule has 23 heavy (non-hydrogen) atoms. The normalized spacial score (nSPS) is 28.8. The van der Waals surface area contributed by atoms with Gasteiger partial charge in [-0.25, -0.2) is 0 Å². The number of alkyl halides is 3. The van der Waals surface area contributed by atoms with Crippen LogP contribution in [-0.4, -0.2) is 45.6 Å². The molecule has 2 atom stereocenters. The maximum absolute atomic E-state index is 12.7. The number of benzene rings is 1. The van der Waals surface area contributed by atoms with Crippen molar-refractivity contribution in [2.75, 3.05) is 18.5 Å². The summed E-state index contributed by atoms with van der Waals surface area (Å²) in [5.74, 6) is -0.509. The molecule has 2 fully saturated rings. The molecule has 0 aromatic heterocycles. The first-order valence-electron chi connectivity index (χ1n) is 7.08. The van der Waals surface area contributed by atoms with E-state index in [1.807, 2.05) is 24.3 Å². The monoisotopic (exact) mass is 486 g/mol. The lowest BCUT2D eigenvalue weighted by atomic mass is 10.2. The van der Waals surface area contributed by atoms with E-state index in [1.54, 1.807) is 11.9 Å². The molecule has 1 aromatic rings. The highest BCUT2D eigenvalue weighted by Gasteiger charge is 2.72. The van der Waals surface area contributed by atoms with Crippen molar-refractivity contribution in [2.45, 2.75) is 28.1 Å². The van der Waals surface area contributed by atoms with Gasteiger partial charge in [0.05, 0.1) is 0 Å². The van der Waals surface area contributed by atoms with E-state index < -0.39 is 21.2 Å². The van der Waals surface area contributed by atoms with Crippen molar-refractivity contribution in [3.05, 3.63) is 27.8 Å². The largest absolute Gasteiger partial charge is 0.332 e. The third-order valence-corrected chi connectivity index (χ3v) is 6.74. The third kappa shape index (κ3) is 2.94. The molecule has 4 nitrogen and oxygen atoms in total. The minimum absolute atomic E-state index is 0.112. The smallest absolute Gasteiger partial charge is 0.249 e. The Balaban J connectivity index is 1.76. The van der Waals surface area contributed by atoms with Crippen molar-refractivity contribution in [3.8, 4) is 0 Å². The molecule has 0 N–H and O–H groups in total. The number of halogens is 4. The predicted octanol–water partition coefficient (Wildman–Crippen LogP) is 3.41. The predicted molar refractivity (Wildman–Crippen MR) is 100 cm³/mol. The van der Waals surface area contributed by atoms with Crippen molar-refractivity contribution in [1.29, 1.82) is 0 Å². The quantitative estimate of drug-likeness (QED) is 0.485. The topological polar surface area (TPSA) is 40.6 Å². The fourth-order valence-corrected chi connectivity index (χ4v) is 4.40. The second-order valence-electron chi connectivity index (χ2n) is 5.87. The van der Waals surface area contributed by atoms with E-state index in [-0.39, 0.29) is 12.3 Å². The van der Waals surface area contributed by atoms with Crippen LogP contribution >= 0.6 is 57.4 Å². The van der Waals surface area contributed by atoms with E-state index in [9.17, 15) is 9.59 Å². The van der Waals surface area contributed by atoms with Crippen LogP contribution in [0.25, 0.3) is 0 Å². The van der Waals surface area contributed by atoms with Crippen molar-refractivity contribution in [2.24, 2.45) is 0 Å². The van der Waals surface area contributed by atoms with Gasteiger partial charge in [-0.05, 0) is 47.2 Å². The summed E-state index contributed by atoms with van der Waals surface area (Å²) in [5.41, 5.74) is 0.835. The van der Waals surface area contributed by atoms with Crippen molar-refractivity contribution in [3.63, 3.8) is 0 Å². The second-order valence-corrected chi connectivity index (χ2v) is 9.25. The molecule has 8 heteroatoms. The molecule has 1 aliphatic carbocycles. The van der Waals surface area contributed by atoms with Gasteiger partial charge in [0.1, 0.15) is 10.4 Å². The zero-order valence-electron chi connectivity index (χ0n) is 12.2. The van der Waals surface area contributed by atoms with Crippen molar-refractivity contribution < 1.29 is 9.59 Å². The Bertz CT molecular complexity index is 684. The van der Waals surface area contributed by atoms with Gasteiger partial charge >= 0.3 is 0 Å². The van der Waals surface area contributed by atoms with E-state index in [2.05, 4.69) is 22.6 Å². The van der Waals surface area contributed by atoms with Crippen LogP contribution in [-0.2, 0) is 9.59 Å². The van der Waals surface area contributed by atoms with E-state index in [4.69, 9.17) is 34.8 Å². The highest BCUT2D eigenvalue weighted by molar-refractivity contribution is 14.1. The minimum atomic E-state index is -1.32. The molecule has 2 unspecified atom stereocenters. The molecular formula is C15H14Cl3IN2O2. The van der Waals surface area contributed by atoms with Crippen LogP contribution in [0.4, 0.5) is 5.69 Å². The highest BCUT2D eigenvalue weighted by atomic mass is 127. The number of amides is 2. The Morgan fingerprint density at radius 3 is 2.61 bits per heavy atom. The number of carbonyl (C=O) groups excluding carboxylic acids is 2. The lowest BCUT2D eigenvalue weighted by Crippen LogP contribution is -2.47. The summed E-state index contributed by atoms with van der Waals surface area (Å²) in [6.45, 7) is 0.559. The van der Waals surface area contributed by atoms with Crippen LogP contribution in [0.15, 0.2) is 24.3 Å². The average molecular weight is 488 g/mol. The lowest BCUT2D eigenvalue weighted by molar-refractivity contribution is -0.137. The molecule has 0 radical (unpaired) electrons. The van der Waals surface area contributed by atoms with Gasteiger partial charge in [-0.2, -0.15) is 0 Å². The SMILES string of the molecule is CN(C(=O)C1(Cl)CC1(Cl)Cl)C1CCN(c2cccc(I)c2)C1=O. The first kappa shape index (κ1) is 17.6. The Labute approximate surface area is 163 Å². The van der Waals surface area contributed by atoms with E-state index in [0.29, 0.717) is 13.0 Å². The van der Waals surface area contributed by atoms with Crippen molar-refractivity contribution >= 4 is 74.9 Å². The summed E-state index contributed by atoms with van der Waals surface area (Å²) in [6, 6.07) is 7.15. The lowest BCUT2D eigenvalue weighted by Gasteiger charge is -2.26. The molecular weight excluding hydrogens is 473 g/mol. The van der Waals surface area contributed by atoms with Gasteiger partial charge in [0.15, 0.2) is 4.87 Å². The average Bonchev–Trinajstić information content (AvgIpc) is 2.81. The number of hydrogen-bond acceptors (Lipinski definition) is 2. The third-order valence-electron chi connectivity index (χ3n) is 4.34. The molecule has 1 aromatic carbocycles. The second kappa shape index (κ2) is 5.93. The van der Waals surface area contributed by atoms with Gasteiger partial charge in [0.25, 0.3) is 0 Å². The van der Waals surface area contributed by atoms with Crippen LogP contribution in [0.3, 0.4) is 0 Å². The maximum Gasteiger partial charge on any atom is 0.249 e. The molecule has 3 rings (SSSR count). The Morgan fingerprint density at radius 2 is 2.04 bits per heavy atom. The first-order chi connectivity index (χ1) is 10.7. The van der Waals surface area contributed by atoms with Gasteiger partial charge in [-0.1, -0.05) is 29.3 Å². The summed E-state index contributed by atoms with van der Waals surface area (Å²) in [6.07, 6.45) is 0.742. The Hall–Kier alpha value is -0.240. The fraction of sp³-hybridized carbons (Fsp3) is 0.467. The summed E-state index contributed by atoms with van der Waals surface area (Å²) in [7, 11) is 1.58. The summed E-state index contributed by atoms with van der Waals surface area (Å²) >= 11 is 20.3. The molecule has 124 valence electrons.